The van der Waals surface area contributed by atoms with Crippen molar-refractivity contribution in [1.29, 1.82) is 0 Å². The third kappa shape index (κ3) is 41.0. The van der Waals surface area contributed by atoms with Gasteiger partial charge < -0.3 is 0 Å². The molecule has 0 fully saturated rings. The van der Waals surface area contributed by atoms with Gasteiger partial charge in [0.25, 0.3) is 0 Å². The standard InChI is InChI=1S/C44H85NO2/c1-3-5-7-9-11-13-15-17-19-21-23-25-27-29-31-33-35-37-39-41-43(46)45-44(47)42-40-38-36-34-32-30-28-26-24-22-20-18-16-14-12-10-8-6-4-2/h17,19H,3-16,18,20-42H2,1-2H3,(H,45,46,47). The molecule has 0 spiro atoms. The largest absolute Gasteiger partial charge is 0.296 e. The van der Waals surface area contributed by atoms with Crippen LogP contribution in [-0.2, 0) is 9.59 Å². The lowest BCUT2D eigenvalue weighted by Gasteiger charge is -2.05. The molecule has 47 heavy (non-hydrogen) atoms. The maximum Gasteiger partial charge on any atom is 0.226 e. The average Bonchev–Trinajstić information content (AvgIpc) is 3.06. The highest BCUT2D eigenvalue weighted by molar-refractivity contribution is 5.95. The van der Waals surface area contributed by atoms with E-state index in [4.69, 9.17) is 0 Å². The minimum atomic E-state index is -0.0752. The van der Waals surface area contributed by atoms with Crippen LogP contribution >= 0.6 is 0 Å². The number of imide groups is 1. The molecule has 278 valence electrons. The second kappa shape index (κ2) is 41.1. The van der Waals surface area contributed by atoms with Crippen LogP contribution in [-0.4, -0.2) is 11.8 Å². The van der Waals surface area contributed by atoms with E-state index in [9.17, 15) is 9.59 Å². The third-order valence-corrected chi connectivity index (χ3v) is 9.95. The number of nitrogens with one attached hydrogen (secondary N) is 1. The van der Waals surface area contributed by atoms with Crippen molar-refractivity contribution in [3.63, 3.8) is 0 Å². The van der Waals surface area contributed by atoms with E-state index in [2.05, 4.69) is 31.3 Å². The van der Waals surface area contributed by atoms with Crippen LogP contribution in [0.1, 0.15) is 258 Å². The summed E-state index contributed by atoms with van der Waals surface area (Å²) in [5, 5.41) is 2.61. The van der Waals surface area contributed by atoms with Crippen LogP contribution < -0.4 is 5.32 Å². The fraction of sp³-hybridized carbons (Fsp3) is 0.909. The van der Waals surface area contributed by atoms with Gasteiger partial charge in [-0.25, -0.2) is 0 Å². The van der Waals surface area contributed by atoms with Crippen molar-refractivity contribution in [3.8, 4) is 0 Å². The van der Waals surface area contributed by atoms with Gasteiger partial charge in [0, 0.05) is 12.8 Å². The summed E-state index contributed by atoms with van der Waals surface area (Å²) in [5.41, 5.74) is 0. The Hall–Kier alpha value is -1.12. The Morgan fingerprint density at radius 2 is 0.532 bits per heavy atom. The smallest absolute Gasteiger partial charge is 0.226 e. The zero-order chi connectivity index (χ0) is 34.1. The number of allylic oxidation sites excluding steroid dienone is 2. The predicted octanol–water partition coefficient (Wildman–Crippen LogP) is 15.0. The first-order valence-electron chi connectivity index (χ1n) is 21.7. The SMILES string of the molecule is CCCCCCCCC=CCCCCCCCCCCCC(=O)NC(=O)CCCCCCCCCCCCCCCCCCCCC. The summed E-state index contributed by atoms with van der Waals surface area (Å²) < 4.78 is 0. The zero-order valence-corrected chi connectivity index (χ0v) is 32.3. The van der Waals surface area contributed by atoms with Gasteiger partial charge in [-0.3, -0.25) is 14.9 Å². The van der Waals surface area contributed by atoms with Crippen LogP contribution in [0.4, 0.5) is 0 Å². The van der Waals surface area contributed by atoms with Crippen molar-refractivity contribution >= 4 is 11.8 Å². The van der Waals surface area contributed by atoms with Crippen LogP contribution in [0.5, 0.6) is 0 Å². The van der Waals surface area contributed by atoms with E-state index in [-0.39, 0.29) is 11.8 Å². The fourth-order valence-electron chi connectivity index (χ4n) is 6.71. The van der Waals surface area contributed by atoms with Crippen LogP contribution in [0.15, 0.2) is 12.2 Å². The molecule has 0 aromatic carbocycles. The first kappa shape index (κ1) is 45.9. The number of hydrogen-bond acceptors (Lipinski definition) is 2. The van der Waals surface area contributed by atoms with E-state index < -0.39 is 0 Å². The van der Waals surface area contributed by atoms with Gasteiger partial charge in [0.1, 0.15) is 0 Å². The van der Waals surface area contributed by atoms with Gasteiger partial charge in [-0.2, -0.15) is 0 Å². The molecule has 0 aliphatic rings. The maximum absolute atomic E-state index is 12.1. The van der Waals surface area contributed by atoms with Crippen molar-refractivity contribution in [2.75, 3.05) is 0 Å². The quantitative estimate of drug-likeness (QED) is 0.0527. The van der Waals surface area contributed by atoms with E-state index in [1.807, 2.05) is 0 Å². The molecule has 0 saturated carbocycles. The molecule has 0 saturated heterocycles. The summed E-state index contributed by atoms with van der Waals surface area (Å²) in [6.45, 7) is 4.57. The highest BCUT2D eigenvalue weighted by Crippen LogP contribution is 2.16. The minimum Gasteiger partial charge on any atom is -0.296 e. The van der Waals surface area contributed by atoms with Crippen LogP contribution in [0.25, 0.3) is 0 Å². The molecule has 0 aromatic heterocycles. The monoisotopic (exact) mass is 660 g/mol. The predicted molar refractivity (Wildman–Crippen MR) is 209 cm³/mol. The molecule has 0 radical (unpaired) electrons. The van der Waals surface area contributed by atoms with Gasteiger partial charge in [-0.05, 0) is 38.5 Å². The lowest BCUT2D eigenvalue weighted by atomic mass is 10.0. The van der Waals surface area contributed by atoms with E-state index in [0.717, 1.165) is 25.7 Å². The van der Waals surface area contributed by atoms with Gasteiger partial charge in [-0.15, -0.1) is 0 Å². The summed E-state index contributed by atoms with van der Waals surface area (Å²) in [6.07, 6.45) is 53.6. The number of carbonyl (C=O) groups excluding carboxylic acids is 2. The van der Waals surface area contributed by atoms with Crippen molar-refractivity contribution in [2.24, 2.45) is 0 Å². The molecule has 0 bridgehead atoms. The topological polar surface area (TPSA) is 46.2 Å². The van der Waals surface area contributed by atoms with Crippen molar-refractivity contribution in [3.05, 3.63) is 12.2 Å². The zero-order valence-electron chi connectivity index (χ0n) is 32.3. The fourth-order valence-corrected chi connectivity index (χ4v) is 6.71. The Balaban J connectivity index is 3.28. The highest BCUT2D eigenvalue weighted by atomic mass is 16.2. The summed E-state index contributed by atoms with van der Waals surface area (Å²) in [4.78, 5) is 24.2. The number of amides is 2. The summed E-state index contributed by atoms with van der Waals surface area (Å²) in [5.74, 6) is -0.149. The Labute approximate surface area is 296 Å². The Kier molecular flexibility index (Phi) is 40.1. The van der Waals surface area contributed by atoms with E-state index in [1.54, 1.807) is 0 Å². The average molecular weight is 660 g/mol. The first-order valence-corrected chi connectivity index (χ1v) is 21.7. The first-order chi connectivity index (χ1) is 23.2. The van der Waals surface area contributed by atoms with Crippen LogP contribution in [0, 0.1) is 0 Å². The second-order valence-electron chi connectivity index (χ2n) is 14.8. The van der Waals surface area contributed by atoms with Crippen LogP contribution in [0.3, 0.4) is 0 Å². The molecule has 1 N–H and O–H groups in total. The normalized spacial score (nSPS) is 11.5. The Bertz CT molecular complexity index is 657. The van der Waals surface area contributed by atoms with Gasteiger partial charge >= 0.3 is 0 Å². The number of rotatable bonds is 39. The van der Waals surface area contributed by atoms with E-state index in [0.29, 0.717) is 12.8 Å². The molecule has 0 atom stereocenters. The Morgan fingerprint density at radius 1 is 0.319 bits per heavy atom. The molecule has 0 unspecified atom stereocenters. The van der Waals surface area contributed by atoms with Crippen LogP contribution in [0.2, 0.25) is 0 Å². The summed E-state index contributed by atoms with van der Waals surface area (Å²) in [7, 11) is 0. The molecule has 0 aliphatic heterocycles. The molecule has 2 amide bonds. The molecule has 0 rings (SSSR count). The second-order valence-corrected chi connectivity index (χ2v) is 14.8. The Morgan fingerprint density at radius 3 is 0.787 bits per heavy atom. The molecular weight excluding hydrogens is 574 g/mol. The molecule has 0 aliphatic carbocycles. The summed E-state index contributed by atoms with van der Waals surface area (Å²) in [6, 6.07) is 0. The molecular formula is C44H85NO2. The lowest BCUT2D eigenvalue weighted by molar-refractivity contribution is -0.130. The molecule has 3 heteroatoms. The van der Waals surface area contributed by atoms with E-state index >= 15 is 0 Å². The lowest BCUT2D eigenvalue weighted by Crippen LogP contribution is -2.29. The molecule has 0 heterocycles. The third-order valence-electron chi connectivity index (χ3n) is 9.95. The number of carbonyl (C=O) groups is 2. The summed E-state index contributed by atoms with van der Waals surface area (Å²) >= 11 is 0. The van der Waals surface area contributed by atoms with Gasteiger partial charge in [-0.1, -0.05) is 219 Å². The van der Waals surface area contributed by atoms with Gasteiger partial charge in [0.2, 0.25) is 11.8 Å². The van der Waals surface area contributed by atoms with Gasteiger partial charge in [0.05, 0.1) is 0 Å². The van der Waals surface area contributed by atoms with Gasteiger partial charge in [0.15, 0.2) is 0 Å². The van der Waals surface area contributed by atoms with Crippen molar-refractivity contribution in [2.45, 2.75) is 258 Å². The number of unbranched alkanes of at least 4 members (excludes halogenated alkanes) is 33. The molecule has 3 nitrogen and oxygen atoms in total. The van der Waals surface area contributed by atoms with Crippen molar-refractivity contribution < 1.29 is 9.59 Å². The maximum atomic E-state index is 12.1. The van der Waals surface area contributed by atoms with Crippen molar-refractivity contribution in [1.82, 2.24) is 5.32 Å². The highest BCUT2D eigenvalue weighted by Gasteiger charge is 2.07. The number of hydrogen-bond donors (Lipinski definition) is 1. The minimum absolute atomic E-state index is 0.0738. The van der Waals surface area contributed by atoms with E-state index in [1.165, 1.54) is 205 Å². The molecule has 0 aromatic rings.